The normalized spacial score (nSPS) is 10.5. The van der Waals surface area contributed by atoms with Gasteiger partial charge in [0.2, 0.25) is 11.8 Å². The van der Waals surface area contributed by atoms with Crippen LogP contribution < -0.4 is 10.2 Å². The molecule has 0 fully saturated rings. The standard InChI is InChI=1S/C20H22ClFN2O2/c1-12-9-13(2)20(14(3)10-12)23-19(26)7-8-24(15(4)25)16-5-6-18(22)17(21)11-16/h5-6,9-11H,7-8H2,1-4H3,(H,23,26). The number of aryl methyl sites for hydroxylation is 3. The van der Waals surface area contributed by atoms with Crippen LogP contribution in [0.2, 0.25) is 5.02 Å². The Morgan fingerprint density at radius 3 is 2.27 bits per heavy atom. The predicted octanol–water partition coefficient (Wildman–Crippen LogP) is 4.79. The van der Waals surface area contributed by atoms with E-state index < -0.39 is 5.82 Å². The Labute approximate surface area is 158 Å². The number of nitrogens with one attached hydrogen (secondary N) is 1. The molecule has 26 heavy (non-hydrogen) atoms. The summed E-state index contributed by atoms with van der Waals surface area (Å²) in [6.45, 7) is 7.46. The van der Waals surface area contributed by atoms with Crippen LogP contribution in [-0.4, -0.2) is 18.4 Å². The zero-order valence-corrected chi connectivity index (χ0v) is 16.1. The van der Waals surface area contributed by atoms with Gasteiger partial charge in [-0.3, -0.25) is 9.59 Å². The van der Waals surface area contributed by atoms with Crippen molar-refractivity contribution in [3.05, 3.63) is 57.9 Å². The first-order valence-electron chi connectivity index (χ1n) is 8.30. The first-order chi connectivity index (χ1) is 12.2. The van der Waals surface area contributed by atoms with Gasteiger partial charge in [-0.2, -0.15) is 0 Å². The predicted molar refractivity (Wildman–Crippen MR) is 103 cm³/mol. The molecular weight excluding hydrogens is 355 g/mol. The Bertz CT molecular complexity index is 829. The lowest BCUT2D eigenvalue weighted by Gasteiger charge is -2.21. The molecular formula is C20H22ClFN2O2. The van der Waals surface area contributed by atoms with Crippen LogP contribution in [0.3, 0.4) is 0 Å². The highest BCUT2D eigenvalue weighted by atomic mass is 35.5. The third-order valence-corrected chi connectivity index (χ3v) is 4.39. The van der Waals surface area contributed by atoms with Gasteiger partial charge in [0.1, 0.15) is 5.82 Å². The molecule has 0 radical (unpaired) electrons. The van der Waals surface area contributed by atoms with E-state index in [1.165, 1.54) is 30.0 Å². The van der Waals surface area contributed by atoms with Crippen molar-refractivity contribution in [3.8, 4) is 0 Å². The van der Waals surface area contributed by atoms with Crippen LogP contribution in [0.5, 0.6) is 0 Å². The van der Waals surface area contributed by atoms with Crippen molar-refractivity contribution in [2.75, 3.05) is 16.8 Å². The summed E-state index contributed by atoms with van der Waals surface area (Å²) in [7, 11) is 0. The molecule has 0 aromatic heterocycles. The molecule has 0 atom stereocenters. The van der Waals surface area contributed by atoms with Crippen LogP contribution in [0, 0.1) is 26.6 Å². The molecule has 0 saturated heterocycles. The van der Waals surface area contributed by atoms with E-state index in [9.17, 15) is 14.0 Å². The fraction of sp³-hybridized carbons (Fsp3) is 0.300. The number of anilines is 2. The average molecular weight is 377 g/mol. The molecule has 0 heterocycles. The topological polar surface area (TPSA) is 49.4 Å². The van der Waals surface area contributed by atoms with Gasteiger partial charge in [-0.1, -0.05) is 29.3 Å². The second kappa shape index (κ2) is 8.32. The van der Waals surface area contributed by atoms with Crippen LogP contribution in [0.1, 0.15) is 30.0 Å². The molecule has 1 N–H and O–H groups in total. The molecule has 0 spiro atoms. The number of hydrogen-bond acceptors (Lipinski definition) is 2. The van der Waals surface area contributed by atoms with E-state index in [2.05, 4.69) is 5.32 Å². The Kier molecular flexibility index (Phi) is 6.37. The van der Waals surface area contributed by atoms with E-state index >= 15 is 0 Å². The molecule has 2 amide bonds. The third kappa shape index (κ3) is 4.82. The molecule has 4 nitrogen and oxygen atoms in total. The van der Waals surface area contributed by atoms with Gasteiger partial charge in [-0.05, 0) is 50.1 Å². The monoisotopic (exact) mass is 376 g/mol. The van der Waals surface area contributed by atoms with E-state index in [1.807, 2.05) is 32.9 Å². The van der Waals surface area contributed by atoms with Gasteiger partial charge in [0.05, 0.1) is 5.02 Å². The van der Waals surface area contributed by atoms with Crippen LogP contribution in [0.4, 0.5) is 15.8 Å². The smallest absolute Gasteiger partial charge is 0.226 e. The highest BCUT2D eigenvalue weighted by molar-refractivity contribution is 6.31. The number of nitrogens with zero attached hydrogens (tertiary/aromatic N) is 1. The van der Waals surface area contributed by atoms with E-state index in [0.717, 1.165) is 22.4 Å². The highest BCUT2D eigenvalue weighted by Crippen LogP contribution is 2.24. The zero-order chi connectivity index (χ0) is 19.4. The van der Waals surface area contributed by atoms with Crippen molar-refractivity contribution in [2.45, 2.75) is 34.1 Å². The summed E-state index contributed by atoms with van der Waals surface area (Å²) in [4.78, 5) is 25.7. The molecule has 0 aliphatic heterocycles. The summed E-state index contributed by atoms with van der Waals surface area (Å²) in [5, 5.41) is 2.84. The minimum atomic E-state index is -0.554. The minimum absolute atomic E-state index is 0.0656. The minimum Gasteiger partial charge on any atom is -0.326 e. The van der Waals surface area contributed by atoms with Gasteiger partial charge in [0, 0.05) is 31.3 Å². The van der Waals surface area contributed by atoms with Gasteiger partial charge < -0.3 is 10.2 Å². The van der Waals surface area contributed by atoms with Gasteiger partial charge >= 0.3 is 0 Å². The molecule has 6 heteroatoms. The number of halogens is 2. The maximum Gasteiger partial charge on any atom is 0.226 e. The molecule has 2 aromatic rings. The molecule has 138 valence electrons. The largest absolute Gasteiger partial charge is 0.326 e. The van der Waals surface area contributed by atoms with Gasteiger partial charge in [0.15, 0.2) is 0 Å². The second-order valence-corrected chi connectivity index (χ2v) is 6.75. The Morgan fingerprint density at radius 2 is 1.73 bits per heavy atom. The molecule has 0 aliphatic rings. The zero-order valence-electron chi connectivity index (χ0n) is 15.3. The summed E-state index contributed by atoms with van der Waals surface area (Å²) in [6, 6.07) is 8.06. The van der Waals surface area contributed by atoms with Crippen molar-refractivity contribution in [1.29, 1.82) is 0 Å². The van der Waals surface area contributed by atoms with E-state index in [4.69, 9.17) is 11.6 Å². The van der Waals surface area contributed by atoms with Crippen molar-refractivity contribution >= 4 is 34.8 Å². The maximum atomic E-state index is 13.3. The van der Waals surface area contributed by atoms with Crippen LogP contribution in [-0.2, 0) is 9.59 Å². The Balaban J connectivity index is 2.08. The van der Waals surface area contributed by atoms with Crippen molar-refractivity contribution in [1.82, 2.24) is 0 Å². The maximum absolute atomic E-state index is 13.3. The lowest BCUT2D eigenvalue weighted by molar-refractivity contribution is -0.117. The average Bonchev–Trinajstić information content (AvgIpc) is 2.54. The summed E-state index contributed by atoms with van der Waals surface area (Å²) in [6.07, 6.45) is 0.112. The number of carbonyl (C=O) groups is 2. The molecule has 0 bridgehead atoms. The van der Waals surface area contributed by atoms with Gasteiger partial charge in [-0.25, -0.2) is 4.39 Å². The van der Waals surface area contributed by atoms with E-state index in [-0.39, 0.29) is 29.8 Å². The lowest BCUT2D eigenvalue weighted by atomic mass is 10.0. The van der Waals surface area contributed by atoms with E-state index in [1.54, 1.807) is 0 Å². The Hall–Kier alpha value is -2.40. The molecule has 2 aromatic carbocycles. The SMILES string of the molecule is CC(=O)N(CCC(=O)Nc1c(C)cc(C)cc1C)c1ccc(F)c(Cl)c1. The summed E-state index contributed by atoms with van der Waals surface area (Å²) in [5.41, 5.74) is 4.36. The number of amides is 2. The first kappa shape index (κ1) is 19.9. The summed E-state index contributed by atoms with van der Waals surface area (Å²) >= 11 is 5.79. The van der Waals surface area contributed by atoms with Gasteiger partial charge in [0.25, 0.3) is 0 Å². The van der Waals surface area contributed by atoms with Crippen molar-refractivity contribution < 1.29 is 14.0 Å². The summed E-state index contributed by atoms with van der Waals surface area (Å²) < 4.78 is 13.3. The number of carbonyl (C=O) groups excluding carboxylic acids is 2. The van der Waals surface area contributed by atoms with Crippen molar-refractivity contribution in [2.24, 2.45) is 0 Å². The van der Waals surface area contributed by atoms with Crippen LogP contribution >= 0.6 is 11.6 Å². The fourth-order valence-electron chi connectivity index (χ4n) is 2.91. The van der Waals surface area contributed by atoms with E-state index in [0.29, 0.717) is 5.69 Å². The highest BCUT2D eigenvalue weighted by Gasteiger charge is 2.16. The summed E-state index contributed by atoms with van der Waals surface area (Å²) in [5.74, 6) is -0.996. The first-order valence-corrected chi connectivity index (χ1v) is 8.67. The van der Waals surface area contributed by atoms with Gasteiger partial charge in [-0.15, -0.1) is 0 Å². The van der Waals surface area contributed by atoms with Crippen LogP contribution in [0.15, 0.2) is 30.3 Å². The van der Waals surface area contributed by atoms with Crippen molar-refractivity contribution in [3.63, 3.8) is 0 Å². The molecule has 0 saturated carbocycles. The Morgan fingerprint density at radius 1 is 1.12 bits per heavy atom. The quantitative estimate of drug-likeness (QED) is 0.815. The molecule has 0 aliphatic carbocycles. The molecule has 2 rings (SSSR count). The fourth-order valence-corrected chi connectivity index (χ4v) is 3.09. The van der Waals surface area contributed by atoms with Crippen LogP contribution in [0.25, 0.3) is 0 Å². The number of hydrogen-bond donors (Lipinski definition) is 1. The molecule has 0 unspecified atom stereocenters. The number of rotatable bonds is 5. The lowest BCUT2D eigenvalue weighted by Crippen LogP contribution is -2.32. The third-order valence-electron chi connectivity index (χ3n) is 4.10. The second-order valence-electron chi connectivity index (χ2n) is 6.34. The number of benzene rings is 2.